The molecular formula is C18H20ClNO7S. The smallest absolute Gasteiger partial charge is 0.341 e. The Kier molecular flexibility index (Phi) is 7.22. The summed E-state index contributed by atoms with van der Waals surface area (Å²) in [6.07, 6.45) is 1.26. The van der Waals surface area contributed by atoms with Gasteiger partial charge in [-0.3, -0.25) is 4.79 Å². The second-order valence-electron chi connectivity index (χ2n) is 6.15. The lowest BCUT2D eigenvalue weighted by Gasteiger charge is -2.20. The molecule has 2 aromatic rings. The van der Waals surface area contributed by atoms with E-state index >= 15 is 0 Å². The third kappa shape index (κ3) is 5.34. The molecule has 152 valence electrons. The van der Waals surface area contributed by atoms with Crippen molar-refractivity contribution in [1.82, 2.24) is 4.72 Å². The number of methoxy groups -OCH3 is 1. The SMILES string of the molecule is COC(=O)c1ccoc1COC(=O)[C@@H](NS(=O)(=O)c1ccc(Cl)cc1)C(C)C. The number of rotatable bonds is 8. The number of hydrogen-bond donors (Lipinski definition) is 1. The molecule has 1 aromatic carbocycles. The van der Waals surface area contributed by atoms with Crippen molar-refractivity contribution < 1.29 is 31.9 Å². The molecule has 0 spiro atoms. The molecule has 0 radical (unpaired) electrons. The normalized spacial score (nSPS) is 12.6. The summed E-state index contributed by atoms with van der Waals surface area (Å²) < 4.78 is 42.3. The number of carbonyl (C=O) groups excluding carboxylic acids is 2. The molecule has 1 atom stereocenters. The maximum atomic E-state index is 12.5. The van der Waals surface area contributed by atoms with Crippen LogP contribution < -0.4 is 4.72 Å². The van der Waals surface area contributed by atoms with Crippen LogP contribution >= 0.6 is 11.6 Å². The highest BCUT2D eigenvalue weighted by Gasteiger charge is 2.30. The maximum Gasteiger partial charge on any atom is 0.341 e. The Morgan fingerprint density at radius 2 is 1.82 bits per heavy atom. The van der Waals surface area contributed by atoms with Crippen molar-refractivity contribution in [3.8, 4) is 0 Å². The van der Waals surface area contributed by atoms with Crippen molar-refractivity contribution in [2.24, 2.45) is 5.92 Å². The van der Waals surface area contributed by atoms with Crippen LogP contribution in [0.1, 0.15) is 30.0 Å². The summed E-state index contributed by atoms with van der Waals surface area (Å²) in [6, 6.07) is 5.78. The first kappa shape index (κ1) is 21.9. The molecule has 0 saturated heterocycles. The molecular weight excluding hydrogens is 410 g/mol. The average Bonchev–Trinajstić information content (AvgIpc) is 3.12. The number of carbonyl (C=O) groups is 2. The molecule has 0 aliphatic heterocycles. The molecule has 0 unspecified atom stereocenters. The van der Waals surface area contributed by atoms with Crippen molar-refractivity contribution in [2.75, 3.05) is 7.11 Å². The lowest BCUT2D eigenvalue weighted by molar-refractivity contribution is -0.148. The second-order valence-corrected chi connectivity index (χ2v) is 8.30. The van der Waals surface area contributed by atoms with Crippen LogP contribution in [0.15, 0.2) is 45.9 Å². The summed E-state index contributed by atoms with van der Waals surface area (Å²) in [7, 11) is -2.76. The van der Waals surface area contributed by atoms with Crippen LogP contribution in [-0.4, -0.2) is 33.5 Å². The van der Waals surface area contributed by atoms with Gasteiger partial charge in [0.05, 0.1) is 18.3 Å². The zero-order valence-electron chi connectivity index (χ0n) is 15.5. The van der Waals surface area contributed by atoms with Crippen LogP contribution in [0.5, 0.6) is 0 Å². The van der Waals surface area contributed by atoms with Gasteiger partial charge in [0, 0.05) is 5.02 Å². The van der Waals surface area contributed by atoms with Gasteiger partial charge in [-0.05, 0) is 36.2 Å². The standard InChI is InChI=1S/C18H20ClNO7S/c1-11(2)16(20-28(23,24)13-6-4-12(19)5-7-13)18(22)27-10-15-14(8-9-26-15)17(21)25-3/h4-9,11,16,20H,10H2,1-3H3/t16-/m0/s1. The minimum absolute atomic E-state index is 0.0330. The van der Waals surface area contributed by atoms with E-state index in [0.29, 0.717) is 5.02 Å². The molecule has 0 bridgehead atoms. The quantitative estimate of drug-likeness (QED) is 0.642. The number of sulfonamides is 1. The van der Waals surface area contributed by atoms with Gasteiger partial charge in [0.25, 0.3) is 0 Å². The van der Waals surface area contributed by atoms with Gasteiger partial charge in [-0.2, -0.15) is 4.72 Å². The van der Waals surface area contributed by atoms with Gasteiger partial charge in [-0.25, -0.2) is 13.2 Å². The minimum Gasteiger partial charge on any atom is -0.465 e. The molecule has 8 nitrogen and oxygen atoms in total. The van der Waals surface area contributed by atoms with Gasteiger partial charge < -0.3 is 13.9 Å². The lowest BCUT2D eigenvalue weighted by atomic mass is 10.1. The van der Waals surface area contributed by atoms with E-state index in [0.717, 1.165) is 0 Å². The first-order chi connectivity index (χ1) is 13.2. The van der Waals surface area contributed by atoms with Crippen LogP contribution in [0.4, 0.5) is 0 Å². The molecule has 2 rings (SSSR count). The summed E-state index contributed by atoms with van der Waals surface area (Å²) in [5.41, 5.74) is 0.123. The molecule has 28 heavy (non-hydrogen) atoms. The summed E-state index contributed by atoms with van der Waals surface area (Å²) in [4.78, 5) is 24.1. The molecule has 1 aromatic heterocycles. The van der Waals surface area contributed by atoms with Crippen molar-refractivity contribution in [2.45, 2.75) is 31.4 Å². The van der Waals surface area contributed by atoms with Crippen molar-refractivity contribution in [3.05, 3.63) is 52.9 Å². The van der Waals surface area contributed by atoms with E-state index in [9.17, 15) is 18.0 Å². The third-order valence-corrected chi connectivity index (χ3v) is 5.53. The van der Waals surface area contributed by atoms with E-state index in [-0.39, 0.29) is 22.8 Å². The Balaban J connectivity index is 2.11. The van der Waals surface area contributed by atoms with E-state index in [1.165, 1.54) is 43.7 Å². The van der Waals surface area contributed by atoms with Crippen LogP contribution in [0.25, 0.3) is 0 Å². The van der Waals surface area contributed by atoms with Gasteiger partial charge in [0.1, 0.15) is 18.2 Å². The molecule has 0 amide bonds. The van der Waals surface area contributed by atoms with Gasteiger partial charge >= 0.3 is 11.9 Å². The number of halogens is 1. The molecule has 1 N–H and O–H groups in total. The number of hydrogen-bond acceptors (Lipinski definition) is 7. The molecule has 0 saturated carbocycles. The van der Waals surface area contributed by atoms with Crippen molar-refractivity contribution in [3.63, 3.8) is 0 Å². The molecule has 10 heteroatoms. The number of esters is 2. The number of nitrogens with one attached hydrogen (secondary N) is 1. The molecule has 0 aliphatic carbocycles. The Morgan fingerprint density at radius 3 is 2.39 bits per heavy atom. The van der Waals surface area contributed by atoms with Crippen molar-refractivity contribution in [1.29, 1.82) is 0 Å². The summed E-state index contributed by atoms with van der Waals surface area (Å²) >= 11 is 5.77. The van der Waals surface area contributed by atoms with Crippen LogP contribution in [-0.2, 0) is 30.9 Å². The molecule has 0 aliphatic rings. The maximum absolute atomic E-state index is 12.5. The number of furan rings is 1. The molecule has 1 heterocycles. The van der Waals surface area contributed by atoms with E-state index in [1.807, 2.05) is 0 Å². The predicted octanol–water partition coefficient (Wildman–Crippen LogP) is 2.77. The first-order valence-electron chi connectivity index (χ1n) is 8.25. The van der Waals surface area contributed by atoms with E-state index in [1.54, 1.807) is 13.8 Å². The van der Waals surface area contributed by atoms with Gasteiger partial charge in [-0.1, -0.05) is 25.4 Å². The van der Waals surface area contributed by atoms with Gasteiger partial charge in [0.2, 0.25) is 10.0 Å². The summed E-state index contributed by atoms with van der Waals surface area (Å²) in [5, 5.41) is 0.388. The predicted molar refractivity (Wildman–Crippen MR) is 100 cm³/mol. The fourth-order valence-electron chi connectivity index (χ4n) is 2.28. The number of ether oxygens (including phenoxy) is 2. The lowest BCUT2D eigenvalue weighted by Crippen LogP contribution is -2.45. The second kappa shape index (κ2) is 9.22. The largest absolute Gasteiger partial charge is 0.465 e. The topological polar surface area (TPSA) is 112 Å². The number of benzene rings is 1. The van der Waals surface area contributed by atoms with E-state index in [4.69, 9.17) is 20.8 Å². The Labute approximate surface area is 167 Å². The summed E-state index contributed by atoms with van der Waals surface area (Å²) in [6.45, 7) is 2.99. The Hall–Kier alpha value is -2.36. The monoisotopic (exact) mass is 429 g/mol. The fourth-order valence-corrected chi connectivity index (χ4v) is 3.74. The van der Waals surface area contributed by atoms with Crippen LogP contribution in [0.3, 0.4) is 0 Å². The summed E-state index contributed by atoms with van der Waals surface area (Å²) in [5.74, 6) is -1.74. The Morgan fingerprint density at radius 1 is 1.18 bits per heavy atom. The third-order valence-electron chi connectivity index (χ3n) is 3.82. The first-order valence-corrected chi connectivity index (χ1v) is 10.1. The van der Waals surface area contributed by atoms with Crippen molar-refractivity contribution >= 4 is 33.6 Å². The van der Waals surface area contributed by atoms with E-state index < -0.39 is 33.9 Å². The minimum atomic E-state index is -3.97. The van der Waals surface area contributed by atoms with Crippen LogP contribution in [0.2, 0.25) is 5.02 Å². The van der Waals surface area contributed by atoms with Crippen LogP contribution in [0, 0.1) is 5.92 Å². The average molecular weight is 430 g/mol. The Bertz CT molecular complexity index is 935. The fraction of sp³-hybridized carbons (Fsp3) is 0.333. The zero-order chi connectivity index (χ0) is 20.9. The highest BCUT2D eigenvalue weighted by molar-refractivity contribution is 7.89. The highest BCUT2D eigenvalue weighted by Crippen LogP contribution is 2.17. The van der Waals surface area contributed by atoms with Gasteiger partial charge in [-0.15, -0.1) is 0 Å². The highest BCUT2D eigenvalue weighted by atomic mass is 35.5. The zero-order valence-corrected chi connectivity index (χ0v) is 17.0. The van der Waals surface area contributed by atoms with Gasteiger partial charge in [0.15, 0.2) is 5.76 Å². The van der Waals surface area contributed by atoms with E-state index in [2.05, 4.69) is 9.46 Å². The molecule has 0 fully saturated rings.